The van der Waals surface area contributed by atoms with Crippen LogP contribution in [0.3, 0.4) is 0 Å². The van der Waals surface area contributed by atoms with Crippen LogP contribution in [-0.2, 0) is 6.54 Å². The lowest BCUT2D eigenvalue weighted by Crippen LogP contribution is -2.32. The van der Waals surface area contributed by atoms with E-state index in [1.807, 2.05) is 0 Å². The summed E-state index contributed by atoms with van der Waals surface area (Å²) in [5.74, 6) is 0.193. The van der Waals surface area contributed by atoms with Gasteiger partial charge in [-0.1, -0.05) is 18.2 Å². The number of phenolic OH excluding ortho intramolecular Hbond substituents is 1. The van der Waals surface area contributed by atoms with Crippen LogP contribution in [0.15, 0.2) is 24.3 Å². The second-order valence-corrected chi connectivity index (χ2v) is 2.56. The Labute approximate surface area is 76.6 Å². The van der Waals surface area contributed by atoms with Crippen molar-refractivity contribution in [3.05, 3.63) is 29.8 Å². The van der Waals surface area contributed by atoms with Gasteiger partial charge in [-0.2, -0.15) is 0 Å². The van der Waals surface area contributed by atoms with Crippen LogP contribution in [0.1, 0.15) is 5.56 Å². The second kappa shape index (κ2) is 4.35. The van der Waals surface area contributed by atoms with Gasteiger partial charge in [-0.25, -0.2) is 4.79 Å². The molecule has 3 N–H and O–H groups in total. The fraction of sp³-hybridized carbons (Fsp3) is 0.222. The molecule has 4 heteroatoms. The van der Waals surface area contributed by atoms with Crippen LogP contribution >= 0.6 is 0 Å². The Morgan fingerprint density at radius 1 is 1.46 bits per heavy atom. The summed E-state index contributed by atoms with van der Waals surface area (Å²) in [6, 6.07) is 6.62. The van der Waals surface area contributed by atoms with Crippen LogP contribution in [0.25, 0.3) is 0 Å². The van der Waals surface area contributed by atoms with Gasteiger partial charge in [0, 0.05) is 19.2 Å². The highest BCUT2D eigenvalue weighted by Gasteiger charge is 2.00. The normalized spacial score (nSPS) is 9.31. The van der Waals surface area contributed by atoms with Crippen LogP contribution in [0.4, 0.5) is 4.79 Å². The summed E-state index contributed by atoms with van der Waals surface area (Å²) >= 11 is 0. The predicted molar refractivity (Wildman–Crippen MR) is 49.4 cm³/mol. The van der Waals surface area contributed by atoms with Crippen LogP contribution in [-0.4, -0.2) is 18.2 Å². The molecular weight excluding hydrogens is 168 g/mol. The van der Waals surface area contributed by atoms with Gasteiger partial charge in [0.05, 0.1) is 0 Å². The monoisotopic (exact) mass is 180 g/mol. The number of urea groups is 1. The van der Waals surface area contributed by atoms with Crippen LogP contribution in [0.5, 0.6) is 5.75 Å². The van der Waals surface area contributed by atoms with E-state index in [9.17, 15) is 9.90 Å². The average Bonchev–Trinajstić information content (AvgIpc) is 2.16. The van der Waals surface area contributed by atoms with Gasteiger partial charge in [-0.05, 0) is 6.07 Å². The molecule has 0 saturated heterocycles. The maximum Gasteiger partial charge on any atom is 0.314 e. The number of carbonyl (C=O) groups is 1. The van der Waals surface area contributed by atoms with Crippen LogP contribution < -0.4 is 10.6 Å². The van der Waals surface area contributed by atoms with Crippen LogP contribution in [0.2, 0.25) is 0 Å². The van der Waals surface area contributed by atoms with Crippen molar-refractivity contribution in [1.29, 1.82) is 0 Å². The van der Waals surface area contributed by atoms with Gasteiger partial charge in [0.15, 0.2) is 0 Å². The molecule has 0 aliphatic rings. The van der Waals surface area contributed by atoms with Gasteiger partial charge >= 0.3 is 6.03 Å². The van der Waals surface area contributed by atoms with E-state index in [1.165, 1.54) is 0 Å². The summed E-state index contributed by atoms with van der Waals surface area (Å²) in [6.45, 7) is 0.326. The number of amides is 2. The van der Waals surface area contributed by atoms with Crippen molar-refractivity contribution in [3.8, 4) is 5.75 Å². The third-order valence-corrected chi connectivity index (χ3v) is 1.66. The zero-order valence-corrected chi connectivity index (χ0v) is 7.37. The molecule has 0 saturated carbocycles. The fourth-order valence-corrected chi connectivity index (χ4v) is 0.924. The lowest BCUT2D eigenvalue weighted by Gasteiger charge is -2.05. The first-order chi connectivity index (χ1) is 6.24. The second-order valence-electron chi connectivity index (χ2n) is 2.56. The Morgan fingerprint density at radius 3 is 2.77 bits per heavy atom. The van der Waals surface area contributed by atoms with Crippen molar-refractivity contribution in [3.63, 3.8) is 0 Å². The molecule has 70 valence electrons. The van der Waals surface area contributed by atoms with Crippen molar-refractivity contribution in [1.82, 2.24) is 10.6 Å². The van der Waals surface area contributed by atoms with Gasteiger partial charge in [0.2, 0.25) is 0 Å². The molecule has 0 heterocycles. The number of aromatic hydroxyl groups is 1. The lowest BCUT2D eigenvalue weighted by atomic mass is 10.2. The molecule has 1 aromatic rings. The first-order valence-electron chi connectivity index (χ1n) is 3.96. The standard InChI is InChI=1S/C9H12N2O2/c1-10-9(13)11-6-7-4-2-3-5-8(7)12/h2-5,12H,6H2,1H3,(H2,10,11,13). The van der Waals surface area contributed by atoms with Crippen LogP contribution in [0, 0.1) is 0 Å². The number of nitrogens with one attached hydrogen (secondary N) is 2. The topological polar surface area (TPSA) is 61.4 Å². The SMILES string of the molecule is CNC(=O)NCc1ccccc1O. The highest BCUT2D eigenvalue weighted by Crippen LogP contribution is 2.14. The van der Waals surface area contributed by atoms with E-state index in [0.29, 0.717) is 12.1 Å². The molecule has 0 atom stereocenters. The molecule has 0 unspecified atom stereocenters. The van der Waals surface area contributed by atoms with E-state index in [4.69, 9.17) is 0 Å². The number of para-hydroxylation sites is 1. The number of hydrogen-bond acceptors (Lipinski definition) is 2. The molecule has 0 aliphatic heterocycles. The number of rotatable bonds is 2. The molecule has 0 aliphatic carbocycles. The Bertz CT molecular complexity index is 299. The van der Waals surface area contributed by atoms with E-state index in [-0.39, 0.29) is 11.8 Å². The number of carbonyl (C=O) groups excluding carboxylic acids is 1. The summed E-state index contributed by atoms with van der Waals surface area (Å²) in [6.07, 6.45) is 0. The Hall–Kier alpha value is -1.71. The fourth-order valence-electron chi connectivity index (χ4n) is 0.924. The Kier molecular flexibility index (Phi) is 3.14. The van der Waals surface area contributed by atoms with Crippen molar-refractivity contribution in [2.45, 2.75) is 6.54 Å². The molecule has 0 aromatic heterocycles. The molecule has 2 amide bonds. The third-order valence-electron chi connectivity index (χ3n) is 1.66. The molecule has 1 aromatic carbocycles. The number of hydrogen-bond donors (Lipinski definition) is 3. The molecule has 0 fully saturated rings. The maximum atomic E-state index is 10.8. The molecule has 0 radical (unpaired) electrons. The first kappa shape index (κ1) is 9.38. The summed E-state index contributed by atoms with van der Waals surface area (Å²) in [7, 11) is 1.54. The third kappa shape index (κ3) is 2.66. The molecule has 0 spiro atoms. The van der Waals surface area contributed by atoms with Crippen molar-refractivity contribution in [2.75, 3.05) is 7.05 Å². The zero-order valence-electron chi connectivity index (χ0n) is 7.37. The number of benzene rings is 1. The Morgan fingerprint density at radius 2 is 2.15 bits per heavy atom. The highest BCUT2D eigenvalue weighted by molar-refractivity contribution is 5.73. The Balaban J connectivity index is 2.54. The van der Waals surface area contributed by atoms with Gasteiger partial charge in [-0.15, -0.1) is 0 Å². The van der Waals surface area contributed by atoms with E-state index in [2.05, 4.69) is 10.6 Å². The van der Waals surface area contributed by atoms with Gasteiger partial charge in [0.25, 0.3) is 0 Å². The average molecular weight is 180 g/mol. The minimum atomic E-state index is -0.261. The van der Waals surface area contributed by atoms with Gasteiger partial charge in [0.1, 0.15) is 5.75 Å². The van der Waals surface area contributed by atoms with Gasteiger partial charge < -0.3 is 15.7 Å². The van der Waals surface area contributed by atoms with E-state index in [0.717, 1.165) is 0 Å². The predicted octanol–water partition coefficient (Wildman–Crippen LogP) is 0.821. The molecule has 4 nitrogen and oxygen atoms in total. The maximum absolute atomic E-state index is 10.8. The quantitative estimate of drug-likeness (QED) is 0.631. The minimum Gasteiger partial charge on any atom is -0.508 e. The van der Waals surface area contributed by atoms with Crippen molar-refractivity contribution in [2.24, 2.45) is 0 Å². The summed E-state index contributed by atoms with van der Waals surface area (Å²) < 4.78 is 0. The minimum absolute atomic E-state index is 0.193. The van der Waals surface area contributed by atoms with Crippen molar-refractivity contribution >= 4 is 6.03 Å². The zero-order chi connectivity index (χ0) is 9.68. The molecule has 13 heavy (non-hydrogen) atoms. The van der Waals surface area contributed by atoms with Gasteiger partial charge in [-0.3, -0.25) is 0 Å². The molecule has 0 bridgehead atoms. The summed E-state index contributed by atoms with van der Waals surface area (Å²) in [5.41, 5.74) is 0.700. The summed E-state index contributed by atoms with van der Waals surface area (Å²) in [5, 5.41) is 14.3. The summed E-state index contributed by atoms with van der Waals surface area (Å²) in [4.78, 5) is 10.8. The molecular formula is C9H12N2O2. The van der Waals surface area contributed by atoms with E-state index < -0.39 is 0 Å². The first-order valence-corrected chi connectivity index (χ1v) is 3.96. The molecule has 1 rings (SSSR count). The van der Waals surface area contributed by atoms with E-state index in [1.54, 1.807) is 31.3 Å². The lowest BCUT2D eigenvalue weighted by molar-refractivity contribution is 0.242. The van der Waals surface area contributed by atoms with Crippen molar-refractivity contribution < 1.29 is 9.90 Å². The smallest absolute Gasteiger partial charge is 0.314 e. The highest BCUT2D eigenvalue weighted by atomic mass is 16.3. The largest absolute Gasteiger partial charge is 0.508 e. The van der Waals surface area contributed by atoms with E-state index >= 15 is 0 Å². The number of phenols is 1.